The fourth-order valence-electron chi connectivity index (χ4n) is 3.79. The summed E-state index contributed by atoms with van der Waals surface area (Å²) < 4.78 is 15.8. The van der Waals surface area contributed by atoms with Crippen molar-refractivity contribution < 1.29 is 4.39 Å². The van der Waals surface area contributed by atoms with Crippen LogP contribution in [0.25, 0.3) is 11.0 Å². The molecule has 21 heavy (non-hydrogen) atoms. The van der Waals surface area contributed by atoms with Crippen molar-refractivity contribution in [1.29, 1.82) is 0 Å². The Balaban J connectivity index is 2.08. The predicted molar refractivity (Wildman–Crippen MR) is 85.3 cm³/mol. The van der Waals surface area contributed by atoms with Crippen LogP contribution in [0.15, 0.2) is 18.2 Å². The molecule has 1 saturated carbocycles. The van der Waals surface area contributed by atoms with Crippen molar-refractivity contribution in [2.24, 2.45) is 11.8 Å². The zero-order chi connectivity index (χ0) is 15.0. The molecular weight excluding hydrogens is 287 g/mol. The van der Waals surface area contributed by atoms with E-state index < -0.39 is 0 Å². The maximum atomic E-state index is 13.5. The fraction of sp³-hybridized carbons (Fsp3) is 0.588. The molecule has 0 N–H and O–H groups in total. The second-order valence-electron chi connectivity index (χ2n) is 6.43. The first-order chi connectivity index (χ1) is 10.1. The third-order valence-corrected chi connectivity index (χ3v) is 4.95. The van der Waals surface area contributed by atoms with E-state index in [1.54, 1.807) is 0 Å². The number of halogens is 2. The number of fused-ring (bicyclic) bond motifs is 1. The molecule has 1 aliphatic carbocycles. The van der Waals surface area contributed by atoms with Gasteiger partial charge in [-0.2, -0.15) is 0 Å². The lowest BCUT2D eigenvalue weighted by Gasteiger charge is -2.34. The van der Waals surface area contributed by atoms with Gasteiger partial charge in [-0.15, -0.1) is 11.6 Å². The van der Waals surface area contributed by atoms with Gasteiger partial charge in [0.05, 0.1) is 11.0 Å². The molecule has 0 saturated heterocycles. The first-order valence-electron chi connectivity index (χ1n) is 7.82. The molecule has 1 aromatic heterocycles. The maximum Gasteiger partial charge on any atom is 0.125 e. The predicted octanol–water partition coefficient (Wildman–Crippen LogP) is 4.95. The van der Waals surface area contributed by atoms with Crippen molar-refractivity contribution in [2.45, 2.75) is 45.6 Å². The van der Waals surface area contributed by atoms with E-state index in [4.69, 9.17) is 11.6 Å². The Kier molecular flexibility index (Phi) is 4.21. The van der Waals surface area contributed by atoms with Gasteiger partial charge in [-0.1, -0.05) is 13.8 Å². The number of aryl methyl sites for hydroxylation is 1. The summed E-state index contributed by atoms with van der Waals surface area (Å²) >= 11 is 5.94. The van der Waals surface area contributed by atoms with Gasteiger partial charge < -0.3 is 4.57 Å². The zero-order valence-corrected chi connectivity index (χ0v) is 13.4. The summed E-state index contributed by atoms with van der Waals surface area (Å²) in [5.74, 6) is 2.72. The highest BCUT2D eigenvalue weighted by atomic mass is 35.5. The molecule has 114 valence electrons. The molecule has 3 atom stereocenters. The minimum atomic E-state index is -0.227. The van der Waals surface area contributed by atoms with Crippen LogP contribution >= 0.6 is 11.6 Å². The highest BCUT2D eigenvalue weighted by Crippen LogP contribution is 2.39. The Morgan fingerprint density at radius 1 is 1.33 bits per heavy atom. The van der Waals surface area contributed by atoms with Gasteiger partial charge in [0, 0.05) is 24.4 Å². The monoisotopic (exact) mass is 308 g/mol. The third kappa shape index (κ3) is 2.80. The van der Waals surface area contributed by atoms with Crippen molar-refractivity contribution in [3.63, 3.8) is 0 Å². The number of hydrogen-bond acceptors (Lipinski definition) is 1. The van der Waals surface area contributed by atoms with Crippen LogP contribution in [-0.4, -0.2) is 15.4 Å². The molecule has 2 nitrogen and oxygen atoms in total. The average molecular weight is 309 g/mol. The minimum Gasteiger partial charge on any atom is -0.325 e. The topological polar surface area (TPSA) is 17.8 Å². The van der Waals surface area contributed by atoms with Crippen LogP contribution in [-0.2, 0) is 6.42 Å². The number of hydrogen-bond donors (Lipinski definition) is 0. The van der Waals surface area contributed by atoms with Crippen LogP contribution in [0, 0.1) is 17.7 Å². The van der Waals surface area contributed by atoms with E-state index in [9.17, 15) is 4.39 Å². The van der Waals surface area contributed by atoms with Crippen molar-refractivity contribution >= 4 is 22.6 Å². The Morgan fingerprint density at radius 3 is 2.86 bits per heavy atom. The van der Waals surface area contributed by atoms with Crippen LogP contribution in [0.4, 0.5) is 4.39 Å². The van der Waals surface area contributed by atoms with Gasteiger partial charge in [-0.25, -0.2) is 9.37 Å². The molecule has 0 aliphatic heterocycles. The molecule has 0 spiro atoms. The summed E-state index contributed by atoms with van der Waals surface area (Å²) in [5, 5.41) is 0. The summed E-state index contributed by atoms with van der Waals surface area (Å²) in [7, 11) is 0. The quantitative estimate of drug-likeness (QED) is 0.733. The van der Waals surface area contributed by atoms with E-state index in [1.807, 2.05) is 6.07 Å². The van der Waals surface area contributed by atoms with Gasteiger partial charge in [-0.3, -0.25) is 0 Å². The molecule has 1 aliphatic rings. The molecule has 1 aromatic carbocycles. The third-order valence-electron chi connectivity index (χ3n) is 4.76. The number of alkyl halides is 1. The summed E-state index contributed by atoms with van der Waals surface area (Å²) in [5.41, 5.74) is 1.80. The number of nitrogens with zero attached hydrogens (tertiary/aromatic N) is 2. The van der Waals surface area contributed by atoms with Gasteiger partial charge in [0.15, 0.2) is 0 Å². The molecule has 2 aromatic rings. The SMILES string of the molecule is CC1CCC(n2c(CCCl)nc3cc(F)ccc32)C(C)C1. The van der Waals surface area contributed by atoms with E-state index in [2.05, 4.69) is 23.4 Å². The largest absolute Gasteiger partial charge is 0.325 e. The van der Waals surface area contributed by atoms with Crippen molar-refractivity contribution in [3.05, 3.63) is 29.8 Å². The van der Waals surface area contributed by atoms with Crippen LogP contribution in [0.3, 0.4) is 0 Å². The summed E-state index contributed by atoms with van der Waals surface area (Å²) in [6.07, 6.45) is 4.39. The Bertz CT molecular complexity index is 637. The first-order valence-corrected chi connectivity index (χ1v) is 8.36. The normalized spacial score (nSPS) is 26.4. The van der Waals surface area contributed by atoms with Gasteiger partial charge in [0.1, 0.15) is 11.6 Å². The number of benzene rings is 1. The van der Waals surface area contributed by atoms with Gasteiger partial charge in [-0.05, 0) is 43.2 Å². The molecule has 4 heteroatoms. The second-order valence-corrected chi connectivity index (χ2v) is 6.81. The minimum absolute atomic E-state index is 0.227. The molecule has 1 fully saturated rings. The Labute approximate surface area is 130 Å². The van der Waals surface area contributed by atoms with Gasteiger partial charge >= 0.3 is 0 Å². The van der Waals surface area contributed by atoms with Crippen molar-refractivity contribution in [1.82, 2.24) is 9.55 Å². The summed E-state index contributed by atoms with van der Waals surface area (Å²) in [6, 6.07) is 5.37. The number of imidazole rings is 1. The lowest BCUT2D eigenvalue weighted by molar-refractivity contribution is 0.208. The summed E-state index contributed by atoms with van der Waals surface area (Å²) in [4.78, 5) is 4.63. The van der Waals surface area contributed by atoms with Crippen LogP contribution in [0.5, 0.6) is 0 Å². The van der Waals surface area contributed by atoms with Crippen molar-refractivity contribution in [3.8, 4) is 0 Å². The highest BCUT2D eigenvalue weighted by Gasteiger charge is 2.29. The van der Waals surface area contributed by atoms with E-state index in [0.717, 1.165) is 29.2 Å². The standard InChI is InChI=1S/C17H22ClFN2/c1-11-3-5-15(12(2)9-11)21-16-6-4-13(19)10-14(16)20-17(21)7-8-18/h4,6,10-12,15H,3,5,7-9H2,1-2H3. The van der Waals surface area contributed by atoms with Gasteiger partial charge in [0.25, 0.3) is 0 Å². The molecular formula is C17H22ClFN2. The van der Waals surface area contributed by atoms with E-state index in [0.29, 0.717) is 17.8 Å². The van der Waals surface area contributed by atoms with Gasteiger partial charge in [0.2, 0.25) is 0 Å². The zero-order valence-electron chi connectivity index (χ0n) is 12.6. The van der Waals surface area contributed by atoms with E-state index in [-0.39, 0.29) is 5.82 Å². The smallest absolute Gasteiger partial charge is 0.125 e. The fourth-order valence-corrected chi connectivity index (χ4v) is 3.95. The Hall–Kier alpha value is -1.09. The van der Waals surface area contributed by atoms with Crippen LogP contribution in [0.2, 0.25) is 0 Å². The highest BCUT2D eigenvalue weighted by molar-refractivity contribution is 6.17. The molecule has 0 radical (unpaired) electrons. The average Bonchev–Trinajstić information content (AvgIpc) is 2.76. The first kappa shape index (κ1) is 14.8. The van der Waals surface area contributed by atoms with E-state index >= 15 is 0 Å². The lowest BCUT2D eigenvalue weighted by atomic mass is 9.79. The maximum absolute atomic E-state index is 13.5. The van der Waals surface area contributed by atoms with Crippen LogP contribution in [0.1, 0.15) is 45.0 Å². The Morgan fingerprint density at radius 2 is 2.14 bits per heavy atom. The molecule has 0 bridgehead atoms. The molecule has 1 heterocycles. The lowest BCUT2D eigenvalue weighted by Crippen LogP contribution is -2.26. The summed E-state index contributed by atoms with van der Waals surface area (Å²) in [6.45, 7) is 4.65. The molecule has 3 rings (SSSR count). The van der Waals surface area contributed by atoms with Crippen LogP contribution < -0.4 is 0 Å². The number of rotatable bonds is 3. The molecule has 0 amide bonds. The van der Waals surface area contributed by atoms with E-state index in [1.165, 1.54) is 31.4 Å². The molecule has 3 unspecified atom stereocenters. The second kappa shape index (κ2) is 5.96. The number of aromatic nitrogens is 2. The van der Waals surface area contributed by atoms with Crippen molar-refractivity contribution in [2.75, 3.05) is 5.88 Å².